The lowest BCUT2D eigenvalue weighted by Gasteiger charge is -2.27. The van der Waals surface area contributed by atoms with E-state index in [1.807, 2.05) is 12.1 Å². The molecule has 1 fully saturated rings. The molecule has 0 radical (unpaired) electrons. The highest BCUT2D eigenvalue weighted by molar-refractivity contribution is 5.89. The number of benzene rings is 1. The third-order valence-electron chi connectivity index (χ3n) is 3.83. The highest BCUT2D eigenvalue weighted by Crippen LogP contribution is 2.36. The van der Waals surface area contributed by atoms with Crippen LogP contribution < -0.4 is 0 Å². The highest BCUT2D eigenvalue weighted by atomic mass is 16.5. The SMILES string of the molecule is CCC.COC(=O)c1ccc(C2CCCC(C(=O)O)C2)cc1. The van der Waals surface area contributed by atoms with E-state index >= 15 is 0 Å². The Morgan fingerprint density at radius 2 is 1.77 bits per heavy atom. The zero-order valence-corrected chi connectivity index (χ0v) is 13.7. The highest BCUT2D eigenvalue weighted by Gasteiger charge is 2.27. The Morgan fingerprint density at radius 3 is 2.27 bits per heavy atom. The molecule has 0 aromatic heterocycles. The second kappa shape index (κ2) is 9.23. The van der Waals surface area contributed by atoms with Gasteiger partial charge < -0.3 is 9.84 Å². The van der Waals surface area contributed by atoms with E-state index in [1.165, 1.54) is 13.5 Å². The summed E-state index contributed by atoms with van der Waals surface area (Å²) in [6.45, 7) is 4.25. The summed E-state index contributed by atoms with van der Waals surface area (Å²) in [5.74, 6) is -1.00. The van der Waals surface area contributed by atoms with Crippen LogP contribution in [0.2, 0.25) is 0 Å². The molecule has 1 aliphatic rings. The van der Waals surface area contributed by atoms with Crippen molar-refractivity contribution < 1.29 is 19.4 Å². The summed E-state index contributed by atoms with van der Waals surface area (Å²) in [6, 6.07) is 7.29. The Kier molecular flexibility index (Phi) is 7.64. The van der Waals surface area contributed by atoms with Crippen molar-refractivity contribution in [2.75, 3.05) is 7.11 Å². The normalized spacial score (nSPS) is 20.5. The Hall–Kier alpha value is -1.84. The molecule has 1 saturated carbocycles. The summed E-state index contributed by atoms with van der Waals surface area (Å²) in [4.78, 5) is 22.4. The van der Waals surface area contributed by atoms with Gasteiger partial charge in [0.15, 0.2) is 0 Å². The summed E-state index contributed by atoms with van der Waals surface area (Å²) in [5, 5.41) is 9.09. The summed E-state index contributed by atoms with van der Waals surface area (Å²) in [7, 11) is 1.36. The third-order valence-corrected chi connectivity index (χ3v) is 3.83. The quantitative estimate of drug-likeness (QED) is 0.848. The first-order chi connectivity index (χ1) is 10.5. The van der Waals surface area contributed by atoms with Crippen molar-refractivity contribution in [3.05, 3.63) is 35.4 Å². The van der Waals surface area contributed by atoms with E-state index in [0.29, 0.717) is 12.0 Å². The number of carbonyl (C=O) groups is 2. The Morgan fingerprint density at radius 1 is 1.18 bits per heavy atom. The lowest BCUT2D eigenvalue weighted by atomic mass is 9.78. The van der Waals surface area contributed by atoms with Crippen LogP contribution in [0.1, 0.15) is 67.8 Å². The van der Waals surface area contributed by atoms with Crippen LogP contribution in [0.3, 0.4) is 0 Å². The molecule has 1 aromatic rings. The average molecular weight is 306 g/mol. The lowest BCUT2D eigenvalue weighted by Crippen LogP contribution is -2.21. The summed E-state index contributed by atoms with van der Waals surface area (Å²) >= 11 is 0. The number of aliphatic carboxylic acids is 1. The van der Waals surface area contributed by atoms with Crippen molar-refractivity contribution >= 4 is 11.9 Å². The van der Waals surface area contributed by atoms with Gasteiger partial charge in [-0.25, -0.2) is 4.79 Å². The van der Waals surface area contributed by atoms with Gasteiger partial charge in [0, 0.05) is 0 Å². The number of methoxy groups -OCH3 is 1. The fourth-order valence-corrected chi connectivity index (χ4v) is 2.73. The molecule has 4 nitrogen and oxygen atoms in total. The Labute approximate surface area is 132 Å². The van der Waals surface area contributed by atoms with Gasteiger partial charge >= 0.3 is 11.9 Å². The topological polar surface area (TPSA) is 63.6 Å². The van der Waals surface area contributed by atoms with E-state index in [4.69, 9.17) is 5.11 Å². The minimum atomic E-state index is -0.698. The van der Waals surface area contributed by atoms with Crippen LogP contribution >= 0.6 is 0 Å². The molecule has 0 bridgehead atoms. The molecule has 1 N–H and O–H groups in total. The number of esters is 1. The van der Waals surface area contributed by atoms with E-state index in [9.17, 15) is 9.59 Å². The molecule has 2 rings (SSSR count). The van der Waals surface area contributed by atoms with Crippen LogP contribution in [0.15, 0.2) is 24.3 Å². The maximum atomic E-state index is 11.3. The number of hydrogen-bond acceptors (Lipinski definition) is 3. The molecule has 1 aromatic carbocycles. The van der Waals surface area contributed by atoms with Crippen LogP contribution in [0, 0.1) is 5.92 Å². The minimum absolute atomic E-state index is 0.237. The second-order valence-corrected chi connectivity index (χ2v) is 5.72. The molecule has 0 spiro atoms. The van der Waals surface area contributed by atoms with Gasteiger partial charge in [-0.1, -0.05) is 38.8 Å². The van der Waals surface area contributed by atoms with Gasteiger partial charge in [0.25, 0.3) is 0 Å². The number of carboxylic acid groups (broad SMARTS) is 1. The van der Waals surface area contributed by atoms with Crippen molar-refractivity contribution in [2.45, 2.75) is 51.9 Å². The van der Waals surface area contributed by atoms with Crippen molar-refractivity contribution in [3.8, 4) is 0 Å². The van der Waals surface area contributed by atoms with E-state index in [-0.39, 0.29) is 17.8 Å². The maximum absolute atomic E-state index is 11.3. The smallest absolute Gasteiger partial charge is 0.337 e. The lowest BCUT2D eigenvalue weighted by molar-refractivity contribution is -0.143. The number of carbonyl (C=O) groups excluding carboxylic acids is 1. The van der Waals surface area contributed by atoms with Gasteiger partial charge in [-0.2, -0.15) is 0 Å². The third kappa shape index (κ3) is 5.17. The van der Waals surface area contributed by atoms with E-state index in [1.54, 1.807) is 12.1 Å². The van der Waals surface area contributed by atoms with E-state index < -0.39 is 5.97 Å². The van der Waals surface area contributed by atoms with Crippen LogP contribution in [-0.4, -0.2) is 24.2 Å². The van der Waals surface area contributed by atoms with Gasteiger partial charge in [0.2, 0.25) is 0 Å². The number of rotatable bonds is 3. The average Bonchev–Trinajstić information content (AvgIpc) is 2.55. The van der Waals surface area contributed by atoms with Crippen LogP contribution in [0.4, 0.5) is 0 Å². The number of hydrogen-bond donors (Lipinski definition) is 1. The van der Waals surface area contributed by atoms with Crippen molar-refractivity contribution in [1.29, 1.82) is 0 Å². The van der Waals surface area contributed by atoms with Gasteiger partial charge in [-0.05, 0) is 42.9 Å². The first kappa shape index (κ1) is 18.2. The molecule has 0 amide bonds. The van der Waals surface area contributed by atoms with Crippen LogP contribution in [-0.2, 0) is 9.53 Å². The molecule has 4 heteroatoms. The first-order valence-electron chi connectivity index (χ1n) is 7.94. The zero-order chi connectivity index (χ0) is 16.5. The second-order valence-electron chi connectivity index (χ2n) is 5.72. The molecule has 0 saturated heterocycles. The van der Waals surface area contributed by atoms with Gasteiger partial charge in [-0.15, -0.1) is 0 Å². The van der Waals surface area contributed by atoms with Gasteiger partial charge in [0.1, 0.15) is 0 Å². The molecular formula is C18H26O4. The molecule has 0 heterocycles. The largest absolute Gasteiger partial charge is 0.481 e. The predicted molar refractivity (Wildman–Crippen MR) is 86.1 cm³/mol. The van der Waals surface area contributed by atoms with Crippen molar-refractivity contribution in [3.63, 3.8) is 0 Å². The molecule has 0 aliphatic heterocycles. The van der Waals surface area contributed by atoms with Crippen LogP contribution in [0.5, 0.6) is 0 Å². The first-order valence-corrected chi connectivity index (χ1v) is 7.94. The fourth-order valence-electron chi connectivity index (χ4n) is 2.73. The molecule has 122 valence electrons. The van der Waals surface area contributed by atoms with Crippen molar-refractivity contribution in [2.24, 2.45) is 5.92 Å². The standard InChI is InChI=1S/C15H18O4.C3H8/c1-19-15(18)11-7-5-10(6-8-11)12-3-2-4-13(9-12)14(16)17;1-3-2/h5-8,12-13H,2-4,9H2,1H3,(H,16,17);3H2,1-2H3. The van der Waals surface area contributed by atoms with Crippen molar-refractivity contribution in [1.82, 2.24) is 0 Å². The van der Waals surface area contributed by atoms with Gasteiger partial charge in [0.05, 0.1) is 18.6 Å². The zero-order valence-electron chi connectivity index (χ0n) is 13.7. The van der Waals surface area contributed by atoms with E-state index in [0.717, 1.165) is 24.8 Å². The molecule has 22 heavy (non-hydrogen) atoms. The summed E-state index contributed by atoms with van der Waals surface area (Å²) in [5.41, 5.74) is 1.63. The number of carboxylic acids is 1. The molecule has 2 unspecified atom stereocenters. The Bertz CT molecular complexity index is 478. The van der Waals surface area contributed by atoms with Gasteiger partial charge in [-0.3, -0.25) is 4.79 Å². The predicted octanol–water partition coefficient (Wildman–Crippen LogP) is 4.25. The maximum Gasteiger partial charge on any atom is 0.337 e. The fraction of sp³-hybridized carbons (Fsp3) is 0.556. The molecular weight excluding hydrogens is 280 g/mol. The summed E-state index contributed by atoms with van der Waals surface area (Å²) < 4.78 is 4.65. The molecule has 2 atom stereocenters. The van der Waals surface area contributed by atoms with Crippen LogP contribution in [0.25, 0.3) is 0 Å². The summed E-state index contributed by atoms with van der Waals surface area (Å²) in [6.07, 6.45) is 4.67. The van der Waals surface area contributed by atoms with E-state index in [2.05, 4.69) is 18.6 Å². The number of ether oxygens (including phenoxy) is 1. The molecule has 1 aliphatic carbocycles. The Balaban J connectivity index is 0.000000745. The minimum Gasteiger partial charge on any atom is -0.481 e. The monoisotopic (exact) mass is 306 g/mol.